The monoisotopic (exact) mass is 537 g/mol. The summed E-state index contributed by atoms with van der Waals surface area (Å²) in [6.45, 7) is -0.417. The fourth-order valence-corrected chi connectivity index (χ4v) is 6.52. The van der Waals surface area contributed by atoms with Crippen molar-refractivity contribution in [3.8, 4) is 0 Å². The number of nitrogens with one attached hydrogen (secondary N) is 4. The molecule has 4 N–H and O–H groups in total. The largest absolute Gasteiger partial charge is 0.419 e. The van der Waals surface area contributed by atoms with E-state index in [1.54, 1.807) is 24.3 Å². The van der Waals surface area contributed by atoms with Crippen molar-refractivity contribution in [3.63, 3.8) is 0 Å². The summed E-state index contributed by atoms with van der Waals surface area (Å²) in [5.74, 6) is -1.42. The molecular formula is C23H19F4N5O2S2. The third-order valence-electron chi connectivity index (χ3n) is 5.62. The number of anilines is 1. The van der Waals surface area contributed by atoms with Gasteiger partial charge >= 0.3 is 6.18 Å². The Morgan fingerprint density at radius 3 is 2.28 bits per heavy atom. The molecule has 4 aromatic rings. The maximum Gasteiger partial charge on any atom is 0.419 e. The summed E-state index contributed by atoms with van der Waals surface area (Å²) in [4.78, 5) is -0.0409. The minimum absolute atomic E-state index is 0.00196. The first-order chi connectivity index (χ1) is 17.1. The van der Waals surface area contributed by atoms with Crippen LogP contribution in [0.3, 0.4) is 0 Å². The van der Waals surface area contributed by atoms with Crippen LogP contribution in [0.4, 0.5) is 22.6 Å². The van der Waals surface area contributed by atoms with Crippen molar-refractivity contribution in [2.45, 2.75) is 23.8 Å². The summed E-state index contributed by atoms with van der Waals surface area (Å²) in [6.07, 6.45) is -5.22. The van der Waals surface area contributed by atoms with Gasteiger partial charge in [0.1, 0.15) is 17.0 Å². The first kappa shape index (κ1) is 24.6. The Hall–Kier alpha value is -3.07. The van der Waals surface area contributed by atoms with Crippen LogP contribution in [-0.4, -0.2) is 8.42 Å². The Balaban J connectivity index is 1.56. The van der Waals surface area contributed by atoms with Crippen molar-refractivity contribution in [1.29, 1.82) is 0 Å². The van der Waals surface area contributed by atoms with Gasteiger partial charge in [0.2, 0.25) is 0 Å². The molecule has 0 atom stereocenters. The fraction of sp³-hybridized carbons (Fsp3) is 0.130. The molecular weight excluding hydrogens is 518 g/mol. The van der Waals surface area contributed by atoms with E-state index in [4.69, 9.17) is 0 Å². The topological polar surface area (TPSA) is 85.5 Å². The van der Waals surface area contributed by atoms with Gasteiger partial charge in [0.15, 0.2) is 0 Å². The lowest BCUT2D eigenvalue weighted by Crippen LogP contribution is -2.33. The standard InChI is InChI=1S/C23H19F4N5O2S2/c24-19-10-5-14(11-18(19)23(25,26)27)13-32(21-12-16-3-1-2-4-20(16)35-21)36(33,34)17-8-6-15(7-9-17)22-28-30-31-29-22/h1-12,22,28-31H,13H2. The lowest BCUT2D eigenvalue weighted by molar-refractivity contribution is -0.140. The number of fused-ring (bicyclic) bond motifs is 1. The van der Waals surface area contributed by atoms with E-state index in [2.05, 4.69) is 21.9 Å². The molecule has 13 heteroatoms. The lowest BCUT2D eigenvalue weighted by atomic mass is 10.1. The lowest BCUT2D eigenvalue weighted by Gasteiger charge is -2.24. The number of sulfonamides is 1. The molecule has 3 aromatic carbocycles. The highest BCUT2D eigenvalue weighted by Crippen LogP contribution is 2.38. The van der Waals surface area contributed by atoms with Gasteiger partial charge in [-0.1, -0.05) is 36.4 Å². The number of thiophene rings is 1. The first-order valence-electron chi connectivity index (χ1n) is 10.6. The molecule has 1 aliphatic rings. The number of hydrazine groups is 3. The van der Waals surface area contributed by atoms with Crippen LogP contribution in [-0.2, 0) is 22.7 Å². The van der Waals surface area contributed by atoms with Crippen LogP contribution >= 0.6 is 11.3 Å². The molecule has 188 valence electrons. The summed E-state index contributed by atoms with van der Waals surface area (Å²) < 4.78 is 83.2. The van der Waals surface area contributed by atoms with Gasteiger partial charge in [-0.2, -0.15) is 24.2 Å². The number of benzene rings is 3. The van der Waals surface area contributed by atoms with Gasteiger partial charge < -0.3 is 0 Å². The molecule has 1 aromatic heterocycles. The van der Waals surface area contributed by atoms with Crippen molar-refractivity contribution >= 4 is 36.4 Å². The molecule has 1 aliphatic heterocycles. The second-order valence-corrected chi connectivity index (χ2v) is 10.9. The summed E-state index contributed by atoms with van der Waals surface area (Å²) in [5.41, 5.74) is 10.4. The molecule has 0 aliphatic carbocycles. The molecule has 2 heterocycles. The Morgan fingerprint density at radius 1 is 0.917 bits per heavy atom. The highest BCUT2D eigenvalue weighted by molar-refractivity contribution is 7.93. The first-order valence-corrected chi connectivity index (χ1v) is 12.9. The predicted molar refractivity (Wildman–Crippen MR) is 128 cm³/mol. The van der Waals surface area contributed by atoms with Gasteiger partial charge in [-0.3, -0.25) is 4.31 Å². The zero-order chi connectivity index (χ0) is 25.5. The van der Waals surface area contributed by atoms with Gasteiger partial charge in [0.25, 0.3) is 10.0 Å². The molecule has 0 radical (unpaired) electrons. The van der Waals surface area contributed by atoms with Crippen molar-refractivity contribution in [3.05, 3.63) is 95.3 Å². The van der Waals surface area contributed by atoms with Gasteiger partial charge in [-0.05, 0) is 52.9 Å². The van der Waals surface area contributed by atoms with Crippen LogP contribution in [0, 0.1) is 5.82 Å². The maximum absolute atomic E-state index is 13.9. The van der Waals surface area contributed by atoms with E-state index in [9.17, 15) is 26.0 Å². The quantitative estimate of drug-likeness (QED) is 0.270. The van der Waals surface area contributed by atoms with Crippen LogP contribution in [0.2, 0.25) is 0 Å². The van der Waals surface area contributed by atoms with Crippen LogP contribution in [0.1, 0.15) is 22.9 Å². The smallest absolute Gasteiger partial charge is 0.253 e. The Bertz CT molecular complexity index is 1470. The van der Waals surface area contributed by atoms with Crippen molar-refractivity contribution < 1.29 is 26.0 Å². The van der Waals surface area contributed by atoms with Gasteiger partial charge in [-0.15, -0.1) is 11.3 Å². The third-order valence-corrected chi connectivity index (χ3v) is 8.65. The summed E-state index contributed by atoms with van der Waals surface area (Å²) in [6, 6.07) is 17.5. The number of hydrogen-bond acceptors (Lipinski definition) is 7. The van der Waals surface area contributed by atoms with E-state index in [1.165, 1.54) is 23.5 Å². The minimum atomic E-state index is -4.91. The van der Waals surface area contributed by atoms with Crippen LogP contribution in [0.25, 0.3) is 10.1 Å². The summed E-state index contributed by atoms with van der Waals surface area (Å²) in [5, 5.41) is 1.12. The predicted octanol–water partition coefficient (Wildman–Crippen LogP) is 4.57. The molecule has 0 amide bonds. The number of hydrogen-bond donors (Lipinski definition) is 4. The Morgan fingerprint density at radius 2 is 1.61 bits per heavy atom. The van der Waals surface area contributed by atoms with E-state index >= 15 is 0 Å². The van der Waals surface area contributed by atoms with E-state index in [1.807, 2.05) is 18.2 Å². The number of alkyl halides is 3. The highest BCUT2D eigenvalue weighted by Gasteiger charge is 2.35. The molecule has 0 spiro atoms. The molecule has 0 unspecified atom stereocenters. The molecule has 36 heavy (non-hydrogen) atoms. The number of nitrogens with zero attached hydrogens (tertiary/aromatic N) is 1. The normalized spacial score (nSPS) is 15.0. The minimum Gasteiger partial charge on any atom is -0.253 e. The maximum atomic E-state index is 13.9. The second kappa shape index (κ2) is 9.42. The van der Waals surface area contributed by atoms with E-state index < -0.39 is 34.1 Å². The van der Waals surface area contributed by atoms with Crippen molar-refractivity contribution in [2.24, 2.45) is 0 Å². The van der Waals surface area contributed by atoms with Crippen molar-refractivity contribution in [1.82, 2.24) is 21.9 Å². The summed E-state index contributed by atoms with van der Waals surface area (Å²) >= 11 is 1.20. The fourth-order valence-electron chi connectivity index (χ4n) is 3.80. The van der Waals surface area contributed by atoms with Crippen LogP contribution in [0.15, 0.2) is 77.7 Å². The van der Waals surface area contributed by atoms with Crippen molar-refractivity contribution in [2.75, 3.05) is 4.31 Å². The average molecular weight is 538 g/mol. The SMILES string of the molecule is O=S(=O)(c1ccc(C2NNNN2)cc1)N(Cc1ccc(F)c(C(F)(F)F)c1)c1cc2ccccc2s1. The number of rotatable bonds is 6. The number of halogens is 4. The molecule has 0 bridgehead atoms. The van der Waals surface area contributed by atoms with Crippen LogP contribution < -0.4 is 26.2 Å². The van der Waals surface area contributed by atoms with E-state index in [-0.39, 0.29) is 16.6 Å². The molecule has 1 fully saturated rings. The van der Waals surface area contributed by atoms with Gasteiger partial charge in [0.05, 0.1) is 17.0 Å². The van der Waals surface area contributed by atoms with Gasteiger partial charge in [-0.25, -0.2) is 23.7 Å². The second-order valence-electron chi connectivity index (χ2n) is 7.99. The zero-order valence-electron chi connectivity index (χ0n) is 18.3. The van der Waals surface area contributed by atoms with Gasteiger partial charge in [0, 0.05) is 4.70 Å². The molecule has 1 saturated heterocycles. The third kappa shape index (κ3) is 4.81. The van der Waals surface area contributed by atoms with E-state index in [0.717, 1.165) is 26.0 Å². The van der Waals surface area contributed by atoms with E-state index in [0.29, 0.717) is 17.1 Å². The highest BCUT2D eigenvalue weighted by atomic mass is 32.2. The Kier molecular flexibility index (Phi) is 6.44. The summed E-state index contributed by atoms with van der Waals surface area (Å²) in [7, 11) is -4.20. The average Bonchev–Trinajstić information content (AvgIpc) is 3.53. The molecule has 0 saturated carbocycles. The molecule has 5 rings (SSSR count). The Labute approximate surface area is 207 Å². The van der Waals surface area contributed by atoms with Crippen LogP contribution in [0.5, 0.6) is 0 Å². The zero-order valence-corrected chi connectivity index (χ0v) is 19.9. The molecule has 7 nitrogen and oxygen atoms in total.